The molecule has 4 nitrogen and oxygen atoms in total. The first kappa shape index (κ1) is 13.5. The first-order valence-electron chi connectivity index (χ1n) is 5.09. The molecule has 0 saturated carbocycles. The smallest absolute Gasteiger partial charge is 0.339 e. The maximum atomic E-state index is 10.6. The van der Waals surface area contributed by atoms with Crippen LogP contribution in [0.2, 0.25) is 0 Å². The lowest BCUT2D eigenvalue weighted by atomic mass is 10.2. The highest BCUT2D eigenvalue weighted by Gasteiger charge is 2.10. The quantitative estimate of drug-likeness (QED) is 0.815. The van der Waals surface area contributed by atoms with E-state index in [-0.39, 0.29) is 11.5 Å². The van der Waals surface area contributed by atoms with Crippen molar-refractivity contribution in [1.82, 2.24) is 9.97 Å². The number of carbonyl (C=O) groups is 1. The van der Waals surface area contributed by atoms with E-state index in [1.54, 1.807) is 6.92 Å². The van der Waals surface area contributed by atoms with E-state index in [4.69, 9.17) is 5.11 Å². The van der Waals surface area contributed by atoms with Crippen molar-refractivity contribution in [3.05, 3.63) is 23.3 Å². The Morgan fingerprint density at radius 2 is 1.93 bits per heavy atom. The van der Waals surface area contributed by atoms with E-state index in [9.17, 15) is 4.79 Å². The van der Waals surface area contributed by atoms with Gasteiger partial charge in [-0.05, 0) is 6.92 Å². The second-order valence-corrected chi connectivity index (χ2v) is 3.19. The average Bonchev–Trinajstić information content (AvgIpc) is 2.20. The Labute approximate surface area is 90.4 Å². The second kappa shape index (κ2) is 6.11. The summed E-state index contributed by atoms with van der Waals surface area (Å²) in [4.78, 5) is 18.7. The van der Waals surface area contributed by atoms with E-state index in [2.05, 4.69) is 9.97 Å². The third-order valence-corrected chi connectivity index (χ3v) is 1.74. The normalized spacial score (nSPS) is 9.47. The molecule has 0 unspecified atom stereocenters. The summed E-state index contributed by atoms with van der Waals surface area (Å²) in [6.45, 7) is 9.61. The largest absolute Gasteiger partial charge is 0.478 e. The highest BCUT2D eigenvalue weighted by atomic mass is 16.4. The van der Waals surface area contributed by atoms with E-state index in [0.29, 0.717) is 11.5 Å². The number of carboxylic acid groups (broad SMARTS) is 1. The zero-order chi connectivity index (χ0) is 12.0. The third-order valence-electron chi connectivity index (χ3n) is 1.74. The van der Waals surface area contributed by atoms with Crippen molar-refractivity contribution in [3.8, 4) is 0 Å². The number of hydrogen-bond donors (Lipinski definition) is 1. The molecule has 0 atom stereocenters. The molecule has 84 valence electrons. The standard InChI is InChI=1S/C9H12N2O2.C2H6/c1-5(2)8-10-4-7(9(12)13)6(3)11-8;1-2/h4-5H,1-3H3,(H,12,13);1-2H3. The van der Waals surface area contributed by atoms with Gasteiger partial charge >= 0.3 is 5.97 Å². The number of hydrogen-bond acceptors (Lipinski definition) is 3. The molecule has 0 fully saturated rings. The Kier molecular flexibility index (Phi) is 5.52. The lowest BCUT2D eigenvalue weighted by Gasteiger charge is -2.05. The molecule has 4 heteroatoms. The van der Waals surface area contributed by atoms with E-state index < -0.39 is 5.97 Å². The summed E-state index contributed by atoms with van der Waals surface area (Å²) in [5.41, 5.74) is 0.690. The first-order valence-corrected chi connectivity index (χ1v) is 5.09. The predicted octanol–water partition coefficient (Wildman–Crippen LogP) is 2.63. The maximum absolute atomic E-state index is 10.6. The number of aryl methyl sites for hydroxylation is 1. The molecule has 0 amide bonds. The number of aromatic nitrogens is 2. The van der Waals surface area contributed by atoms with Gasteiger partial charge in [-0.2, -0.15) is 0 Å². The molecule has 0 aliphatic carbocycles. The topological polar surface area (TPSA) is 63.1 Å². The molecule has 1 rings (SSSR count). The summed E-state index contributed by atoms with van der Waals surface area (Å²) in [5, 5.41) is 8.72. The van der Waals surface area contributed by atoms with Gasteiger partial charge in [0.2, 0.25) is 0 Å². The molecule has 15 heavy (non-hydrogen) atoms. The summed E-state index contributed by atoms with van der Waals surface area (Å²) in [7, 11) is 0. The fraction of sp³-hybridized carbons (Fsp3) is 0.545. The van der Waals surface area contributed by atoms with E-state index in [0.717, 1.165) is 0 Å². The minimum atomic E-state index is -0.979. The van der Waals surface area contributed by atoms with Crippen LogP contribution in [0.15, 0.2) is 6.20 Å². The van der Waals surface area contributed by atoms with Crippen LogP contribution in [0.5, 0.6) is 0 Å². The van der Waals surface area contributed by atoms with Crippen LogP contribution in [0.3, 0.4) is 0 Å². The summed E-state index contributed by atoms with van der Waals surface area (Å²) < 4.78 is 0. The SMILES string of the molecule is CC.Cc1nc(C(C)C)ncc1C(=O)O. The zero-order valence-corrected chi connectivity index (χ0v) is 9.90. The van der Waals surface area contributed by atoms with Gasteiger partial charge in [-0.1, -0.05) is 27.7 Å². The molecule has 1 aromatic heterocycles. The lowest BCUT2D eigenvalue weighted by Crippen LogP contribution is -2.06. The van der Waals surface area contributed by atoms with E-state index >= 15 is 0 Å². The van der Waals surface area contributed by atoms with E-state index in [1.165, 1.54) is 6.20 Å². The molecule has 0 bridgehead atoms. The zero-order valence-electron chi connectivity index (χ0n) is 9.90. The Bertz CT molecular complexity index is 335. The molecular weight excluding hydrogens is 192 g/mol. The second-order valence-electron chi connectivity index (χ2n) is 3.19. The highest BCUT2D eigenvalue weighted by molar-refractivity contribution is 5.88. The summed E-state index contributed by atoms with van der Waals surface area (Å²) in [6.07, 6.45) is 1.36. The molecule has 0 spiro atoms. The van der Waals surface area contributed by atoms with Gasteiger partial charge in [-0.25, -0.2) is 14.8 Å². The van der Waals surface area contributed by atoms with Crippen LogP contribution >= 0.6 is 0 Å². The Balaban J connectivity index is 0.000000921. The Morgan fingerprint density at radius 3 is 2.27 bits per heavy atom. The molecule has 0 aliphatic heterocycles. The van der Waals surface area contributed by atoms with Crippen LogP contribution in [0.25, 0.3) is 0 Å². The van der Waals surface area contributed by atoms with Crippen molar-refractivity contribution < 1.29 is 9.90 Å². The maximum Gasteiger partial charge on any atom is 0.339 e. The Morgan fingerprint density at radius 1 is 1.40 bits per heavy atom. The highest BCUT2D eigenvalue weighted by Crippen LogP contribution is 2.11. The van der Waals surface area contributed by atoms with Crippen molar-refractivity contribution in [2.45, 2.75) is 40.5 Å². The first-order chi connectivity index (χ1) is 7.02. The molecule has 1 N–H and O–H groups in total. The monoisotopic (exact) mass is 210 g/mol. The molecular formula is C11H18N2O2. The van der Waals surface area contributed by atoms with Gasteiger partial charge in [0, 0.05) is 12.1 Å². The third kappa shape index (κ3) is 3.65. The number of carboxylic acids is 1. The van der Waals surface area contributed by atoms with Crippen molar-refractivity contribution in [3.63, 3.8) is 0 Å². The number of nitrogens with zero attached hydrogens (tertiary/aromatic N) is 2. The van der Waals surface area contributed by atoms with Gasteiger partial charge in [-0.3, -0.25) is 0 Å². The molecule has 0 aliphatic rings. The van der Waals surface area contributed by atoms with Gasteiger partial charge < -0.3 is 5.11 Å². The van der Waals surface area contributed by atoms with Crippen LogP contribution in [-0.4, -0.2) is 21.0 Å². The van der Waals surface area contributed by atoms with E-state index in [1.807, 2.05) is 27.7 Å². The Hall–Kier alpha value is -1.45. The minimum absolute atomic E-state index is 0.171. The minimum Gasteiger partial charge on any atom is -0.478 e. The van der Waals surface area contributed by atoms with Crippen LogP contribution in [0.1, 0.15) is 55.5 Å². The lowest BCUT2D eigenvalue weighted by molar-refractivity contribution is 0.0695. The van der Waals surface area contributed by atoms with Gasteiger partial charge in [0.15, 0.2) is 0 Å². The van der Waals surface area contributed by atoms with Gasteiger partial charge in [0.1, 0.15) is 5.82 Å². The molecule has 0 radical (unpaired) electrons. The summed E-state index contributed by atoms with van der Waals surface area (Å²) in [5.74, 6) is -0.0724. The summed E-state index contributed by atoms with van der Waals surface area (Å²) in [6, 6.07) is 0. The molecule has 0 aromatic carbocycles. The molecule has 0 saturated heterocycles. The van der Waals surface area contributed by atoms with Gasteiger partial charge in [0.25, 0.3) is 0 Å². The van der Waals surface area contributed by atoms with Crippen molar-refractivity contribution in [1.29, 1.82) is 0 Å². The van der Waals surface area contributed by atoms with Crippen LogP contribution in [-0.2, 0) is 0 Å². The van der Waals surface area contributed by atoms with Gasteiger partial charge in [0.05, 0.1) is 11.3 Å². The number of rotatable bonds is 2. The fourth-order valence-corrected chi connectivity index (χ4v) is 0.973. The van der Waals surface area contributed by atoms with Crippen molar-refractivity contribution >= 4 is 5.97 Å². The van der Waals surface area contributed by atoms with Crippen LogP contribution in [0, 0.1) is 6.92 Å². The van der Waals surface area contributed by atoms with Crippen molar-refractivity contribution in [2.75, 3.05) is 0 Å². The average molecular weight is 210 g/mol. The predicted molar refractivity (Wildman–Crippen MR) is 59.2 cm³/mol. The number of aromatic carboxylic acids is 1. The molecule has 1 aromatic rings. The van der Waals surface area contributed by atoms with Crippen molar-refractivity contribution in [2.24, 2.45) is 0 Å². The van der Waals surface area contributed by atoms with Crippen LogP contribution in [0.4, 0.5) is 0 Å². The summed E-state index contributed by atoms with van der Waals surface area (Å²) >= 11 is 0. The fourth-order valence-electron chi connectivity index (χ4n) is 0.973. The van der Waals surface area contributed by atoms with Crippen LogP contribution < -0.4 is 0 Å². The van der Waals surface area contributed by atoms with Gasteiger partial charge in [-0.15, -0.1) is 0 Å². The molecule has 1 heterocycles.